The van der Waals surface area contributed by atoms with Gasteiger partial charge in [-0.2, -0.15) is 0 Å². The number of fused-ring (bicyclic) bond motifs is 2. The van der Waals surface area contributed by atoms with Crippen LogP contribution in [-0.4, -0.2) is 46.3 Å². The zero-order valence-corrected chi connectivity index (χ0v) is 13.0. The summed E-state index contributed by atoms with van der Waals surface area (Å²) in [6, 6.07) is 14.8. The van der Waals surface area contributed by atoms with E-state index in [4.69, 9.17) is 10.2 Å². The first-order valence-corrected chi connectivity index (χ1v) is 7.66. The Labute approximate surface area is 139 Å². The zero-order chi connectivity index (χ0) is 17.1. The van der Waals surface area contributed by atoms with E-state index in [1.165, 1.54) is 34.6 Å². The Hall–Kier alpha value is -2.86. The molecule has 0 unspecified atom stereocenters. The van der Waals surface area contributed by atoms with Crippen LogP contribution in [0.2, 0.25) is 0 Å². The molecule has 6 heteroatoms. The van der Waals surface area contributed by atoms with Gasteiger partial charge in [-0.15, -0.1) is 0 Å². The molecule has 2 bridgehead atoms. The van der Waals surface area contributed by atoms with Gasteiger partial charge in [-0.05, 0) is 41.8 Å². The Balaban J connectivity index is 0.000000198. The molecule has 24 heavy (non-hydrogen) atoms. The van der Waals surface area contributed by atoms with E-state index >= 15 is 0 Å². The molecule has 1 saturated heterocycles. The minimum atomic E-state index is -1.14. The third-order valence-corrected chi connectivity index (χ3v) is 3.93. The summed E-state index contributed by atoms with van der Waals surface area (Å²) in [5.74, 6) is -0.155. The van der Waals surface area contributed by atoms with Gasteiger partial charge >= 0.3 is 6.09 Å². The van der Waals surface area contributed by atoms with Crippen LogP contribution in [0, 0.1) is 0 Å². The molecule has 2 aliphatic carbocycles. The fourth-order valence-electron chi connectivity index (χ4n) is 2.58. The molecular weight excluding hydrogens is 308 g/mol. The van der Waals surface area contributed by atoms with E-state index < -0.39 is 12.2 Å². The van der Waals surface area contributed by atoms with Crippen LogP contribution >= 0.6 is 0 Å². The number of nitrogens with one attached hydrogen (secondary N) is 1. The Kier molecular flexibility index (Phi) is 4.48. The summed E-state index contributed by atoms with van der Waals surface area (Å²) in [6.07, 6.45) is -0.349. The number of aliphatic hydroxyl groups is 1. The number of carbonyl (C=O) groups excluding carboxylic acids is 1. The highest BCUT2D eigenvalue weighted by atomic mass is 16.4. The molecule has 1 fully saturated rings. The molecular formula is C18H18N2O4. The molecule has 1 heterocycles. The number of rotatable bonds is 2. The summed E-state index contributed by atoms with van der Waals surface area (Å²) < 4.78 is 0. The van der Waals surface area contributed by atoms with Gasteiger partial charge in [-0.25, -0.2) is 4.79 Å². The topological polar surface area (TPSA) is 89.9 Å². The van der Waals surface area contributed by atoms with Gasteiger partial charge in [0.05, 0.1) is 6.10 Å². The summed E-state index contributed by atoms with van der Waals surface area (Å²) in [7, 11) is 0. The fraction of sp³-hybridized carbons (Fsp3) is 0.222. The second-order valence-corrected chi connectivity index (χ2v) is 5.87. The second-order valence-electron chi connectivity index (χ2n) is 5.87. The number of likely N-dealkylation sites (tertiary alicyclic amines) is 1. The number of hydrogen-bond donors (Lipinski definition) is 3. The molecule has 3 N–H and O–H groups in total. The molecule has 6 nitrogen and oxygen atoms in total. The molecule has 2 aromatic carbocycles. The molecule has 0 atom stereocenters. The van der Waals surface area contributed by atoms with E-state index in [0.29, 0.717) is 24.3 Å². The lowest BCUT2D eigenvalue weighted by molar-refractivity contribution is 0.00590. The van der Waals surface area contributed by atoms with Gasteiger partial charge in [-0.1, -0.05) is 24.3 Å². The lowest BCUT2D eigenvalue weighted by atomic mass is 9.94. The first-order valence-electron chi connectivity index (χ1n) is 7.66. The van der Waals surface area contributed by atoms with Crippen molar-refractivity contribution in [3.05, 3.63) is 65.2 Å². The third kappa shape index (κ3) is 3.72. The number of amides is 2. The summed E-state index contributed by atoms with van der Waals surface area (Å²) >= 11 is 0. The summed E-state index contributed by atoms with van der Waals surface area (Å²) in [5.41, 5.74) is 3.86. The molecule has 2 aromatic rings. The van der Waals surface area contributed by atoms with Crippen LogP contribution in [0.15, 0.2) is 48.5 Å². The van der Waals surface area contributed by atoms with Gasteiger partial charge in [0.1, 0.15) is 0 Å². The SMILES string of the molecule is O=C(O)Nc1ccc(C(=O)N2CC(O)C2)cc1.c1cc2cc(c1)C2. The first kappa shape index (κ1) is 16.0. The molecule has 124 valence electrons. The number of hydrogen-bond acceptors (Lipinski definition) is 3. The van der Waals surface area contributed by atoms with E-state index in [1.807, 2.05) is 0 Å². The van der Waals surface area contributed by atoms with Crippen molar-refractivity contribution in [2.24, 2.45) is 0 Å². The highest BCUT2D eigenvalue weighted by Gasteiger charge is 2.29. The van der Waals surface area contributed by atoms with Crippen molar-refractivity contribution in [1.29, 1.82) is 0 Å². The molecule has 1 aliphatic heterocycles. The van der Waals surface area contributed by atoms with Crippen molar-refractivity contribution < 1.29 is 19.8 Å². The molecule has 0 aromatic heterocycles. The molecule has 0 spiro atoms. The van der Waals surface area contributed by atoms with Gasteiger partial charge in [0.15, 0.2) is 0 Å². The predicted molar refractivity (Wildman–Crippen MR) is 89.2 cm³/mol. The van der Waals surface area contributed by atoms with E-state index in [1.54, 1.807) is 12.1 Å². The van der Waals surface area contributed by atoms with Crippen LogP contribution in [0.5, 0.6) is 0 Å². The Bertz CT molecular complexity index is 727. The van der Waals surface area contributed by atoms with Crippen LogP contribution in [0.3, 0.4) is 0 Å². The lowest BCUT2D eigenvalue weighted by Gasteiger charge is -2.35. The average molecular weight is 326 g/mol. The van der Waals surface area contributed by atoms with Crippen molar-refractivity contribution in [2.45, 2.75) is 12.5 Å². The van der Waals surface area contributed by atoms with Crippen molar-refractivity contribution in [3.8, 4) is 0 Å². The van der Waals surface area contributed by atoms with E-state index in [0.717, 1.165) is 0 Å². The largest absolute Gasteiger partial charge is 0.465 e. The number of aliphatic hydroxyl groups excluding tert-OH is 1. The maximum Gasteiger partial charge on any atom is 0.409 e. The van der Waals surface area contributed by atoms with Crippen LogP contribution in [-0.2, 0) is 6.42 Å². The fourth-order valence-corrected chi connectivity index (χ4v) is 2.58. The maximum absolute atomic E-state index is 11.8. The van der Waals surface area contributed by atoms with Gasteiger partial charge in [0.25, 0.3) is 5.91 Å². The smallest absolute Gasteiger partial charge is 0.409 e. The number of anilines is 1. The van der Waals surface area contributed by atoms with Crippen LogP contribution in [0.25, 0.3) is 0 Å². The maximum atomic E-state index is 11.8. The van der Waals surface area contributed by atoms with Crippen molar-refractivity contribution >= 4 is 17.7 Å². The van der Waals surface area contributed by atoms with Gasteiger partial charge < -0.3 is 15.1 Å². The zero-order valence-electron chi connectivity index (χ0n) is 13.0. The standard InChI is InChI=1S/C11H12N2O4.C7H6/c14-9-5-13(6-9)10(15)7-1-3-8(4-2-7)12-11(16)17;1-2-6-4-7(3-1)5-6/h1-4,9,12,14H,5-6H2,(H,16,17);1-4H,5H2. The summed E-state index contributed by atoms with van der Waals surface area (Å²) in [6.45, 7) is 0.710. The minimum absolute atomic E-state index is 0.155. The molecule has 0 saturated carbocycles. The minimum Gasteiger partial charge on any atom is -0.465 e. The van der Waals surface area contributed by atoms with E-state index in [2.05, 4.69) is 29.6 Å². The van der Waals surface area contributed by atoms with Crippen molar-refractivity contribution in [2.75, 3.05) is 18.4 Å². The highest BCUT2D eigenvalue weighted by molar-refractivity contribution is 5.95. The van der Waals surface area contributed by atoms with Crippen LogP contribution in [0.4, 0.5) is 10.5 Å². The van der Waals surface area contributed by atoms with Crippen LogP contribution < -0.4 is 5.32 Å². The lowest BCUT2D eigenvalue weighted by Crippen LogP contribution is -2.53. The molecule has 0 radical (unpaired) electrons. The summed E-state index contributed by atoms with van der Waals surface area (Å²) in [5, 5.41) is 19.8. The number of carboxylic acid groups (broad SMARTS) is 1. The molecule has 3 aliphatic rings. The quantitative estimate of drug-likeness (QED) is 0.673. The second kappa shape index (κ2) is 6.72. The van der Waals surface area contributed by atoms with E-state index in [-0.39, 0.29) is 5.91 Å². The monoisotopic (exact) mass is 326 g/mol. The highest BCUT2D eigenvalue weighted by Crippen LogP contribution is 2.19. The van der Waals surface area contributed by atoms with Gasteiger partial charge in [0.2, 0.25) is 0 Å². The van der Waals surface area contributed by atoms with Gasteiger partial charge in [-0.3, -0.25) is 10.1 Å². The third-order valence-electron chi connectivity index (χ3n) is 3.93. The molecule has 5 rings (SSSR count). The normalized spacial score (nSPS) is 14.6. The number of benzene rings is 2. The van der Waals surface area contributed by atoms with E-state index in [9.17, 15) is 9.59 Å². The number of nitrogens with zero attached hydrogens (tertiary/aromatic N) is 1. The Morgan fingerprint density at radius 2 is 1.62 bits per heavy atom. The Morgan fingerprint density at radius 1 is 1.04 bits per heavy atom. The van der Waals surface area contributed by atoms with Crippen molar-refractivity contribution in [1.82, 2.24) is 4.90 Å². The van der Waals surface area contributed by atoms with Gasteiger partial charge in [0, 0.05) is 24.3 Å². The predicted octanol–water partition coefficient (Wildman–Crippen LogP) is 2.18. The Morgan fingerprint density at radius 3 is 2.00 bits per heavy atom. The number of carbonyl (C=O) groups is 2. The van der Waals surface area contributed by atoms with Crippen molar-refractivity contribution in [3.63, 3.8) is 0 Å². The first-order chi connectivity index (χ1) is 11.5. The average Bonchev–Trinajstić information content (AvgIpc) is 2.52. The molecule has 2 amide bonds. The van der Waals surface area contributed by atoms with Crippen LogP contribution in [0.1, 0.15) is 21.5 Å². The number of β-amino-alcohol motifs (C(OH)–C–C–N with tert-alkyl or cyclic N) is 1. The summed E-state index contributed by atoms with van der Waals surface area (Å²) in [4.78, 5) is 23.7.